The smallest absolute Gasteiger partial charge is 0.264 e. The lowest BCUT2D eigenvalue weighted by Crippen LogP contribution is -2.53. The topological polar surface area (TPSA) is 105 Å². The van der Waals surface area contributed by atoms with Gasteiger partial charge < -0.3 is 19.7 Å². The van der Waals surface area contributed by atoms with Crippen molar-refractivity contribution < 1.29 is 27.5 Å². The summed E-state index contributed by atoms with van der Waals surface area (Å²) in [5.41, 5.74) is 2.07. The van der Waals surface area contributed by atoms with Crippen LogP contribution in [0.1, 0.15) is 51.7 Å². The van der Waals surface area contributed by atoms with Crippen molar-refractivity contribution >= 4 is 27.5 Å². The molecular weight excluding hydrogens is 566 g/mol. The molecule has 0 radical (unpaired) electrons. The zero-order valence-electron chi connectivity index (χ0n) is 25.9. The fraction of sp³-hybridized carbons (Fsp3) is 0.394. The van der Waals surface area contributed by atoms with Crippen LogP contribution in [0.5, 0.6) is 11.5 Å². The molecule has 0 saturated carbocycles. The Bertz CT molecular complexity index is 1440. The number of carbonyl (C=O) groups is 2. The van der Waals surface area contributed by atoms with Crippen molar-refractivity contribution in [2.75, 3.05) is 24.6 Å². The number of benzene rings is 3. The van der Waals surface area contributed by atoms with Gasteiger partial charge in [-0.15, -0.1) is 0 Å². The molecule has 3 aromatic rings. The van der Waals surface area contributed by atoms with Crippen LogP contribution in [0.4, 0.5) is 5.69 Å². The van der Waals surface area contributed by atoms with E-state index in [-0.39, 0.29) is 23.4 Å². The molecule has 232 valence electrons. The first kappa shape index (κ1) is 33.5. The van der Waals surface area contributed by atoms with E-state index in [2.05, 4.69) is 5.32 Å². The average Bonchev–Trinajstić information content (AvgIpc) is 3.00. The third kappa shape index (κ3) is 8.73. The molecule has 43 heavy (non-hydrogen) atoms. The lowest BCUT2D eigenvalue weighted by molar-refractivity contribution is -0.140. The molecule has 0 aliphatic rings. The first-order chi connectivity index (χ1) is 20.5. The van der Waals surface area contributed by atoms with Gasteiger partial charge in [-0.1, -0.05) is 43.7 Å². The SMILES string of the molecule is CCOc1ccc(S(=O)(=O)N(CC(=O)N(Cc2ccc(OC)cc2)[C@@H](CC)C(=O)N[C@@H](C)CC)c2ccc(C)cc2)cc1. The molecule has 0 fully saturated rings. The van der Waals surface area contributed by atoms with E-state index in [1.165, 1.54) is 17.0 Å². The summed E-state index contributed by atoms with van der Waals surface area (Å²) in [5, 5.41) is 2.99. The van der Waals surface area contributed by atoms with Gasteiger partial charge in [0, 0.05) is 12.6 Å². The van der Waals surface area contributed by atoms with Gasteiger partial charge in [0.1, 0.15) is 24.1 Å². The van der Waals surface area contributed by atoms with Gasteiger partial charge in [-0.3, -0.25) is 13.9 Å². The second-order valence-corrected chi connectivity index (χ2v) is 12.2. The van der Waals surface area contributed by atoms with E-state index >= 15 is 0 Å². The summed E-state index contributed by atoms with van der Waals surface area (Å²) in [5.74, 6) is 0.422. The Hall–Kier alpha value is -4.05. The number of hydrogen-bond donors (Lipinski definition) is 1. The van der Waals surface area contributed by atoms with Gasteiger partial charge in [-0.25, -0.2) is 8.42 Å². The number of nitrogens with zero attached hydrogens (tertiary/aromatic N) is 2. The Balaban J connectivity index is 2.04. The van der Waals surface area contributed by atoms with E-state index in [9.17, 15) is 18.0 Å². The van der Waals surface area contributed by atoms with Crippen molar-refractivity contribution in [1.82, 2.24) is 10.2 Å². The van der Waals surface area contributed by atoms with Crippen molar-refractivity contribution in [2.24, 2.45) is 0 Å². The molecule has 0 aromatic heterocycles. The van der Waals surface area contributed by atoms with E-state index in [1.54, 1.807) is 55.6 Å². The van der Waals surface area contributed by atoms with Crippen LogP contribution in [0.15, 0.2) is 77.7 Å². The Kier molecular flexibility index (Phi) is 12.0. The summed E-state index contributed by atoms with van der Waals surface area (Å²) in [7, 11) is -2.60. The van der Waals surface area contributed by atoms with Gasteiger partial charge in [-0.05, 0) is 87.7 Å². The Morgan fingerprint density at radius 2 is 1.47 bits per heavy atom. The molecule has 3 rings (SSSR count). The van der Waals surface area contributed by atoms with Crippen LogP contribution in [0.25, 0.3) is 0 Å². The molecule has 0 aliphatic heterocycles. The third-order valence-corrected chi connectivity index (χ3v) is 9.01. The van der Waals surface area contributed by atoms with Crippen LogP contribution in [0, 0.1) is 6.92 Å². The Morgan fingerprint density at radius 3 is 2.00 bits per heavy atom. The lowest BCUT2D eigenvalue weighted by Gasteiger charge is -2.33. The molecule has 9 nitrogen and oxygen atoms in total. The largest absolute Gasteiger partial charge is 0.497 e. The van der Waals surface area contributed by atoms with Crippen LogP contribution < -0.4 is 19.1 Å². The van der Waals surface area contributed by atoms with Gasteiger partial charge >= 0.3 is 0 Å². The number of amides is 2. The number of ether oxygens (including phenoxy) is 2. The molecule has 2 atom stereocenters. The fourth-order valence-corrected chi connectivity index (χ4v) is 5.94. The Morgan fingerprint density at radius 1 is 0.860 bits per heavy atom. The minimum Gasteiger partial charge on any atom is -0.497 e. The van der Waals surface area contributed by atoms with E-state index in [0.717, 1.165) is 21.9 Å². The van der Waals surface area contributed by atoms with Crippen molar-refractivity contribution in [3.05, 3.63) is 83.9 Å². The standard InChI is InChI=1S/C33H43N3O6S/c1-7-25(5)34-33(38)31(8-2)35(22-26-12-16-28(41-6)17-13-26)32(37)23-36(27-14-10-24(4)11-15-27)43(39,40)30-20-18-29(19-21-30)42-9-3/h10-21,25,31H,7-9,22-23H2,1-6H3,(H,34,38)/t25-,31-/m0/s1. The maximum absolute atomic E-state index is 14.2. The summed E-state index contributed by atoms with van der Waals surface area (Å²) in [6, 6.07) is 19.4. The van der Waals surface area contributed by atoms with Gasteiger partial charge in [0.25, 0.3) is 10.0 Å². The van der Waals surface area contributed by atoms with Crippen molar-refractivity contribution in [3.63, 3.8) is 0 Å². The second-order valence-electron chi connectivity index (χ2n) is 10.4. The van der Waals surface area contributed by atoms with Crippen LogP contribution in [0.2, 0.25) is 0 Å². The Labute approximate surface area is 255 Å². The number of carbonyl (C=O) groups excluding carboxylic acids is 2. The monoisotopic (exact) mass is 609 g/mol. The number of nitrogens with one attached hydrogen (secondary N) is 1. The number of rotatable bonds is 15. The number of methoxy groups -OCH3 is 1. The van der Waals surface area contributed by atoms with Crippen molar-refractivity contribution in [1.29, 1.82) is 0 Å². The van der Waals surface area contributed by atoms with Crippen molar-refractivity contribution in [2.45, 2.75) is 71.0 Å². The lowest BCUT2D eigenvalue weighted by atomic mass is 10.1. The maximum Gasteiger partial charge on any atom is 0.264 e. The zero-order valence-corrected chi connectivity index (χ0v) is 26.7. The average molecular weight is 610 g/mol. The fourth-order valence-electron chi connectivity index (χ4n) is 4.53. The normalized spacial score (nSPS) is 12.6. The summed E-state index contributed by atoms with van der Waals surface area (Å²) in [4.78, 5) is 29.1. The van der Waals surface area contributed by atoms with Gasteiger partial charge in [0.05, 0.1) is 24.3 Å². The molecular formula is C33H43N3O6S. The molecule has 3 aromatic carbocycles. The highest BCUT2D eigenvalue weighted by molar-refractivity contribution is 7.92. The van der Waals surface area contributed by atoms with Gasteiger partial charge in [0.15, 0.2) is 0 Å². The molecule has 1 N–H and O–H groups in total. The molecule has 0 aliphatic carbocycles. The molecule has 2 amide bonds. The summed E-state index contributed by atoms with van der Waals surface area (Å²) in [6.07, 6.45) is 1.08. The molecule has 0 unspecified atom stereocenters. The summed E-state index contributed by atoms with van der Waals surface area (Å²) < 4.78 is 40.0. The quantitative estimate of drug-likeness (QED) is 0.250. The number of sulfonamides is 1. The van der Waals surface area contributed by atoms with Crippen LogP contribution in [0.3, 0.4) is 0 Å². The first-order valence-corrected chi connectivity index (χ1v) is 16.0. The van der Waals surface area contributed by atoms with E-state index in [1.807, 2.05) is 46.8 Å². The van der Waals surface area contributed by atoms with Crippen LogP contribution in [-0.4, -0.2) is 57.5 Å². The van der Waals surface area contributed by atoms with E-state index in [0.29, 0.717) is 30.2 Å². The summed E-state index contributed by atoms with van der Waals surface area (Å²) in [6.45, 7) is 9.52. The maximum atomic E-state index is 14.2. The van der Waals surface area contributed by atoms with Gasteiger partial charge in [0.2, 0.25) is 11.8 Å². The molecule has 10 heteroatoms. The highest BCUT2D eigenvalue weighted by Gasteiger charge is 2.34. The molecule has 0 bridgehead atoms. The molecule has 0 saturated heterocycles. The van der Waals surface area contributed by atoms with E-state index in [4.69, 9.17) is 9.47 Å². The second kappa shape index (κ2) is 15.4. The highest BCUT2D eigenvalue weighted by atomic mass is 32.2. The minimum atomic E-state index is -4.17. The summed E-state index contributed by atoms with van der Waals surface area (Å²) >= 11 is 0. The minimum absolute atomic E-state index is 0.0209. The molecule has 0 spiro atoms. The third-order valence-electron chi connectivity index (χ3n) is 7.22. The van der Waals surface area contributed by atoms with Crippen molar-refractivity contribution in [3.8, 4) is 11.5 Å². The predicted molar refractivity (Wildman–Crippen MR) is 169 cm³/mol. The zero-order chi connectivity index (χ0) is 31.6. The predicted octanol–water partition coefficient (Wildman–Crippen LogP) is 5.32. The first-order valence-electron chi connectivity index (χ1n) is 14.6. The van der Waals surface area contributed by atoms with Crippen LogP contribution >= 0.6 is 0 Å². The number of hydrogen-bond acceptors (Lipinski definition) is 6. The highest BCUT2D eigenvalue weighted by Crippen LogP contribution is 2.27. The van der Waals surface area contributed by atoms with Crippen LogP contribution in [-0.2, 0) is 26.2 Å². The van der Waals surface area contributed by atoms with E-state index < -0.39 is 28.5 Å². The number of anilines is 1. The molecule has 0 heterocycles. The number of aryl methyl sites for hydroxylation is 1. The van der Waals surface area contributed by atoms with Gasteiger partial charge in [-0.2, -0.15) is 0 Å².